The number of halogens is 1. The Morgan fingerprint density at radius 1 is 0.559 bits per heavy atom. The van der Waals surface area contributed by atoms with E-state index in [1.54, 1.807) is 0 Å². The highest BCUT2D eigenvalue weighted by Gasteiger charge is 2.60. The Hall–Kier alpha value is 0.324. The number of unbranched alkanes of at least 4 members (excludes halogenated alkanes) is 4. The van der Waals surface area contributed by atoms with Crippen LogP contribution in [-0.2, 0) is 0 Å². The lowest BCUT2D eigenvalue weighted by Gasteiger charge is -2.62. The van der Waals surface area contributed by atoms with Crippen molar-refractivity contribution >= 4 is 16.1 Å². The van der Waals surface area contributed by atoms with Crippen LogP contribution in [0.4, 0.5) is 0 Å². The average Bonchev–Trinajstić information content (AvgIpc) is 2.63. The van der Waals surface area contributed by atoms with Crippen molar-refractivity contribution in [3.8, 4) is 0 Å². The number of hydrogen-bond donors (Lipinski definition) is 0. The summed E-state index contributed by atoms with van der Waals surface area (Å²) in [6.45, 7) is 42.8. The summed E-state index contributed by atoms with van der Waals surface area (Å²) < 4.78 is 2.01. The summed E-state index contributed by atoms with van der Waals surface area (Å²) in [5.41, 5.74) is 0.427. The van der Waals surface area contributed by atoms with Crippen molar-refractivity contribution in [3.05, 3.63) is 0 Å². The van der Waals surface area contributed by atoms with Gasteiger partial charge in [0, 0.05) is 16.1 Å². The maximum Gasteiger partial charge on any atom is 0.0786 e. The standard InChI is InChI=1S/C16H36N.C14H34Si2.FH/c1-5-9-13-17(14-10-6-2,15-11-7-3)16-12-8-4;1-12(2)14(13(3,4)5,15(6,7)8)16(9,10)11;/h5-16H2,1-4H3;12H,1-11H3;1H/q+1;;/p-1. The molecule has 210 valence electrons. The van der Waals surface area contributed by atoms with Crippen LogP contribution in [0.2, 0.25) is 43.9 Å². The van der Waals surface area contributed by atoms with Gasteiger partial charge in [0.1, 0.15) is 0 Å². The van der Waals surface area contributed by atoms with Gasteiger partial charge in [0.15, 0.2) is 0 Å². The molecule has 0 N–H and O–H groups in total. The van der Waals surface area contributed by atoms with Crippen LogP contribution in [0.5, 0.6) is 0 Å². The fourth-order valence-corrected chi connectivity index (χ4v) is 25.6. The first kappa shape index (κ1) is 38.8. The van der Waals surface area contributed by atoms with Crippen LogP contribution in [0.3, 0.4) is 0 Å². The van der Waals surface area contributed by atoms with Crippen LogP contribution in [-0.4, -0.2) is 46.8 Å². The molecule has 0 saturated carbocycles. The molecule has 0 fully saturated rings. The van der Waals surface area contributed by atoms with E-state index in [9.17, 15) is 0 Å². The quantitative estimate of drug-likeness (QED) is 0.154. The van der Waals surface area contributed by atoms with Gasteiger partial charge in [0.25, 0.3) is 0 Å². The van der Waals surface area contributed by atoms with Crippen molar-refractivity contribution in [2.75, 3.05) is 26.2 Å². The van der Waals surface area contributed by atoms with Crippen molar-refractivity contribution in [3.63, 3.8) is 0 Å². The maximum absolute atomic E-state index is 2.58. The van der Waals surface area contributed by atoms with Crippen molar-refractivity contribution in [2.45, 2.75) is 158 Å². The number of nitrogens with zero attached hydrogens (tertiary/aromatic N) is 1. The highest BCUT2D eigenvalue weighted by Crippen LogP contribution is 2.63. The first-order chi connectivity index (χ1) is 14.9. The highest BCUT2D eigenvalue weighted by atomic mass is 28.4. The summed E-state index contributed by atoms with van der Waals surface area (Å²) in [5.74, 6) is 0.797. The lowest BCUT2D eigenvalue weighted by Crippen LogP contribution is -3.00. The third-order valence-electron chi connectivity index (χ3n) is 8.36. The zero-order valence-electron chi connectivity index (χ0n) is 26.9. The fraction of sp³-hybridized carbons (Fsp3) is 1.00. The smallest absolute Gasteiger partial charge is 0.0786 e. The van der Waals surface area contributed by atoms with E-state index in [0.717, 1.165) is 5.92 Å². The van der Waals surface area contributed by atoms with Gasteiger partial charge in [-0.2, -0.15) is 0 Å². The minimum Gasteiger partial charge on any atom is -1.00 e. The van der Waals surface area contributed by atoms with Gasteiger partial charge >= 0.3 is 0 Å². The molecular formula is C30H70FNSi2. The lowest BCUT2D eigenvalue weighted by atomic mass is 9.84. The second-order valence-corrected chi connectivity index (χ2v) is 25.4. The number of rotatable bonds is 15. The molecule has 0 spiro atoms. The Morgan fingerprint density at radius 2 is 0.794 bits per heavy atom. The van der Waals surface area contributed by atoms with Crippen LogP contribution in [0, 0.1) is 11.3 Å². The van der Waals surface area contributed by atoms with Crippen LogP contribution < -0.4 is 4.70 Å². The van der Waals surface area contributed by atoms with Crippen molar-refractivity contribution in [1.82, 2.24) is 0 Å². The summed E-state index contributed by atoms with van der Waals surface area (Å²) >= 11 is 0. The molecule has 0 radical (unpaired) electrons. The van der Waals surface area contributed by atoms with Crippen molar-refractivity contribution in [1.29, 1.82) is 0 Å². The third-order valence-corrected chi connectivity index (χ3v) is 20.2. The summed E-state index contributed by atoms with van der Waals surface area (Å²) in [6, 6.07) is 0. The molecule has 1 nitrogen and oxygen atoms in total. The summed E-state index contributed by atoms with van der Waals surface area (Å²) in [7, 11) is -2.42. The van der Waals surface area contributed by atoms with Crippen LogP contribution in [0.15, 0.2) is 0 Å². The molecule has 0 aliphatic heterocycles. The molecule has 0 saturated heterocycles. The van der Waals surface area contributed by atoms with E-state index in [2.05, 4.69) is 102 Å². The van der Waals surface area contributed by atoms with Gasteiger partial charge in [-0.3, -0.25) is 0 Å². The highest BCUT2D eigenvalue weighted by molar-refractivity contribution is 6.99. The Bertz CT molecular complexity index is 410. The van der Waals surface area contributed by atoms with E-state index in [0.29, 0.717) is 10.1 Å². The predicted octanol–water partition coefficient (Wildman–Crippen LogP) is 7.65. The normalized spacial score (nSPS) is 13.4. The first-order valence-electron chi connectivity index (χ1n) is 14.8. The van der Waals surface area contributed by atoms with E-state index in [4.69, 9.17) is 0 Å². The van der Waals surface area contributed by atoms with Crippen LogP contribution in [0.1, 0.15) is 114 Å². The molecule has 0 aliphatic rings. The van der Waals surface area contributed by atoms with Gasteiger partial charge in [-0.25, -0.2) is 0 Å². The van der Waals surface area contributed by atoms with Gasteiger partial charge < -0.3 is 9.19 Å². The van der Waals surface area contributed by atoms with Gasteiger partial charge in [0.2, 0.25) is 0 Å². The molecule has 0 bridgehead atoms. The molecule has 0 rings (SSSR count). The molecule has 0 unspecified atom stereocenters. The Balaban J connectivity index is -0.000000550. The molecule has 0 aromatic carbocycles. The van der Waals surface area contributed by atoms with Gasteiger partial charge in [0.05, 0.1) is 26.2 Å². The second-order valence-electron chi connectivity index (χ2n) is 14.4. The average molecular weight is 520 g/mol. The van der Waals surface area contributed by atoms with E-state index >= 15 is 0 Å². The van der Waals surface area contributed by atoms with Gasteiger partial charge in [-0.15, -0.1) is 0 Å². The van der Waals surface area contributed by atoms with Crippen LogP contribution >= 0.6 is 0 Å². The maximum atomic E-state index is 2.58. The summed E-state index contributed by atoms with van der Waals surface area (Å²) in [4.78, 5) is 0. The number of quaternary nitrogens is 1. The third kappa shape index (κ3) is 11.2. The Labute approximate surface area is 220 Å². The molecule has 34 heavy (non-hydrogen) atoms. The molecule has 0 aliphatic carbocycles. The summed E-state index contributed by atoms with van der Waals surface area (Å²) in [6.07, 6.45) is 11.1. The summed E-state index contributed by atoms with van der Waals surface area (Å²) in [5, 5.41) is 0. The molecule has 0 atom stereocenters. The van der Waals surface area contributed by atoms with Crippen LogP contribution in [0.25, 0.3) is 0 Å². The number of hydrogen-bond acceptors (Lipinski definition) is 0. The van der Waals surface area contributed by atoms with E-state index in [1.807, 2.05) is 0 Å². The fourth-order valence-electron chi connectivity index (χ4n) is 8.62. The molecule has 0 heterocycles. The van der Waals surface area contributed by atoms with E-state index in [-0.39, 0.29) is 4.70 Å². The van der Waals surface area contributed by atoms with E-state index < -0.39 is 16.1 Å². The lowest BCUT2D eigenvalue weighted by molar-refractivity contribution is -0.929. The minimum absolute atomic E-state index is 0. The zero-order chi connectivity index (χ0) is 26.6. The molecule has 0 aromatic rings. The molecular weight excluding hydrogens is 450 g/mol. The van der Waals surface area contributed by atoms with Gasteiger partial charge in [-0.05, 0) is 41.7 Å². The van der Waals surface area contributed by atoms with E-state index in [1.165, 1.54) is 82.0 Å². The SMILES string of the molecule is CC(C)C(C(C)(C)C)([Si](C)(C)C)[Si](C)(C)C.CCCC[N+](CCCC)(CCCC)CCCC.[F-]. The Morgan fingerprint density at radius 3 is 0.882 bits per heavy atom. The van der Waals surface area contributed by atoms with Crippen molar-refractivity contribution < 1.29 is 9.19 Å². The predicted molar refractivity (Wildman–Crippen MR) is 163 cm³/mol. The van der Waals surface area contributed by atoms with Gasteiger partial charge in [-0.1, -0.05) is 127 Å². The van der Waals surface area contributed by atoms with Crippen molar-refractivity contribution in [2.24, 2.45) is 11.3 Å². The second kappa shape index (κ2) is 16.9. The monoisotopic (exact) mass is 520 g/mol. The first-order valence-corrected chi connectivity index (χ1v) is 21.8. The topological polar surface area (TPSA) is 0 Å². The zero-order valence-corrected chi connectivity index (χ0v) is 28.9. The molecule has 0 aromatic heterocycles. The Kier molecular flexibility index (Phi) is 19.4. The molecule has 4 heteroatoms. The largest absolute Gasteiger partial charge is 1.00 e. The molecule has 0 amide bonds. The minimum atomic E-state index is -1.21.